The number of benzene rings is 2. The molecule has 0 bridgehead atoms. The second-order valence-corrected chi connectivity index (χ2v) is 17.0. The maximum absolute atomic E-state index is 12.8. The molecule has 1 heterocycles. The molecule has 1 amide bonds. The Morgan fingerprint density at radius 2 is 1.94 bits per heavy atom. The molecule has 1 fully saturated rings. The van der Waals surface area contributed by atoms with Crippen LogP contribution < -0.4 is 11.1 Å². The van der Waals surface area contributed by atoms with Gasteiger partial charge in [-0.25, -0.2) is 9.36 Å². The first-order valence-electron chi connectivity index (χ1n) is 12.8. The van der Waals surface area contributed by atoms with Gasteiger partial charge in [0, 0.05) is 33.2 Å². The third-order valence-electron chi connectivity index (χ3n) is 7.02. The molecule has 1 aliphatic rings. The minimum absolute atomic E-state index is 0.0635. The van der Waals surface area contributed by atoms with Gasteiger partial charge in [-0.2, -0.15) is 0 Å². The number of fused-ring (bicyclic) bond motifs is 1. The van der Waals surface area contributed by atoms with Crippen LogP contribution in [0.3, 0.4) is 0 Å². The first-order chi connectivity index (χ1) is 17.1. The van der Waals surface area contributed by atoms with E-state index >= 15 is 0 Å². The summed E-state index contributed by atoms with van der Waals surface area (Å²) in [5.74, 6) is 0.124. The summed E-state index contributed by atoms with van der Waals surface area (Å²) in [5, 5.41) is 3.16. The Morgan fingerprint density at radius 3 is 2.64 bits per heavy atom. The Labute approximate surface area is 214 Å². The molecule has 0 saturated heterocycles. The fourth-order valence-electron chi connectivity index (χ4n) is 4.51. The summed E-state index contributed by atoms with van der Waals surface area (Å²) in [5.41, 5.74) is 3.61. The summed E-state index contributed by atoms with van der Waals surface area (Å²) in [6.45, 7) is 8.33. The van der Waals surface area contributed by atoms with Gasteiger partial charge in [-0.15, -0.1) is 0 Å². The quantitative estimate of drug-likeness (QED) is 0.291. The molecule has 2 aromatic carbocycles. The predicted molar refractivity (Wildman–Crippen MR) is 146 cm³/mol. The summed E-state index contributed by atoms with van der Waals surface area (Å²) >= 11 is 0. The van der Waals surface area contributed by atoms with Gasteiger partial charge in [0.05, 0.1) is 5.52 Å². The van der Waals surface area contributed by atoms with Crippen molar-refractivity contribution in [1.29, 1.82) is 0 Å². The molecule has 4 rings (SSSR count). The lowest BCUT2D eigenvalue weighted by Gasteiger charge is -2.25. The Morgan fingerprint density at radius 1 is 1.19 bits per heavy atom. The predicted octanol–water partition coefficient (Wildman–Crippen LogP) is 4.30. The number of nitrogens with zero attached hydrogens (tertiary/aromatic N) is 2. The first kappa shape index (κ1) is 26.4. The number of hydrogen-bond donors (Lipinski definition) is 1. The van der Waals surface area contributed by atoms with E-state index in [0.29, 0.717) is 24.7 Å². The minimum Gasteiger partial charge on any atom is -0.408 e. The number of rotatable bonds is 12. The molecule has 0 aliphatic heterocycles. The van der Waals surface area contributed by atoms with Gasteiger partial charge in [0.25, 0.3) is 0 Å². The molecule has 194 valence electrons. The lowest BCUT2D eigenvalue weighted by atomic mass is 10.0. The van der Waals surface area contributed by atoms with Crippen LogP contribution in [-0.2, 0) is 22.7 Å². The molecular weight excluding hydrogens is 470 g/mol. The second-order valence-electron chi connectivity index (χ2n) is 11.4. The average molecular weight is 510 g/mol. The molecule has 1 aliphatic carbocycles. The first-order valence-corrected chi connectivity index (χ1v) is 16.5. The van der Waals surface area contributed by atoms with Crippen molar-refractivity contribution in [3.05, 3.63) is 70.2 Å². The Balaban J connectivity index is 1.34. The summed E-state index contributed by atoms with van der Waals surface area (Å²) in [6, 6.07) is 17.3. The van der Waals surface area contributed by atoms with E-state index in [1.54, 1.807) is 4.57 Å². The van der Waals surface area contributed by atoms with E-state index < -0.39 is 13.8 Å². The van der Waals surface area contributed by atoms with Crippen molar-refractivity contribution < 1.29 is 13.9 Å². The van der Waals surface area contributed by atoms with Crippen LogP contribution in [0.5, 0.6) is 0 Å². The third-order valence-corrected chi connectivity index (χ3v) is 8.72. The number of likely N-dealkylation sites (N-methyl/N-ethyl adjacent to an activating group) is 1. The van der Waals surface area contributed by atoms with E-state index in [-0.39, 0.29) is 24.6 Å². The van der Waals surface area contributed by atoms with E-state index in [0.717, 1.165) is 30.0 Å². The molecule has 0 spiro atoms. The van der Waals surface area contributed by atoms with Crippen LogP contribution in [-0.4, -0.2) is 56.7 Å². The summed E-state index contributed by atoms with van der Waals surface area (Å²) in [4.78, 5) is 27.3. The highest BCUT2D eigenvalue weighted by Gasteiger charge is 2.43. The molecule has 1 N–H and O–H groups in total. The largest absolute Gasteiger partial charge is 0.421 e. The average Bonchev–Trinajstić information content (AvgIpc) is 3.57. The van der Waals surface area contributed by atoms with Gasteiger partial charge in [-0.1, -0.05) is 56.0 Å². The van der Waals surface area contributed by atoms with Crippen LogP contribution in [0.25, 0.3) is 11.1 Å². The maximum atomic E-state index is 12.8. The van der Waals surface area contributed by atoms with Crippen molar-refractivity contribution in [3.63, 3.8) is 0 Å². The molecule has 8 heteroatoms. The van der Waals surface area contributed by atoms with Crippen LogP contribution in [0.15, 0.2) is 57.7 Å². The van der Waals surface area contributed by atoms with Gasteiger partial charge >= 0.3 is 5.76 Å². The molecule has 2 unspecified atom stereocenters. The van der Waals surface area contributed by atoms with Gasteiger partial charge in [0.15, 0.2) is 5.58 Å². The van der Waals surface area contributed by atoms with Crippen LogP contribution in [0.4, 0.5) is 0 Å². The molecule has 36 heavy (non-hydrogen) atoms. The van der Waals surface area contributed by atoms with E-state index in [1.807, 2.05) is 50.5 Å². The summed E-state index contributed by atoms with van der Waals surface area (Å²) < 4.78 is 12.8. The second kappa shape index (κ2) is 11.1. The number of amides is 1. The number of hydrogen-bond acceptors (Lipinski definition) is 5. The Kier molecular flexibility index (Phi) is 8.17. The highest BCUT2D eigenvalue weighted by Crippen LogP contribution is 2.47. The molecule has 1 saturated carbocycles. The monoisotopic (exact) mass is 509 g/mol. The molecule has 7 nitrogen and oxygen atoms in total. The number of carbonyl (C=O) groups is 1. The fourth-order valence-corrected chi connectivity index (χ4v) is 5.26. The third kappa shape index (κ3) is 6.75. The molecule has 3 atom stereocenters. The minimum atomic E-state index is -1.18. The van der Waals surface area contributed by atoms with Crippen LogP contribution in [0, 0.1) is 5.92 Å². The normalized spacial score (nSPS) is 18.5. The zero-order valence-corrected chi connectivity index (χ0v) is 23.1. The van der Waals surface area contributed by atoms with Crippen molar-refractivity contribution >= 4 is 25.1 Å². The van der Waals surface area contributed by atoms with Gasteiger partial charge in [-0.05, 0) is 62.2 Å². The molecule has 1 aromatic heterocycles. The number of ether oxygens (including phenoxy) is 1. The summed E-state index contributed by atoms with van der Waals surface area (Å²) in [7, 11) is 2.86. The van der Waals surface area contributed by atoms with Gasteiger partial charge in [0.2, 0.25) is 5.91 Å². The van der Waals surface area contributed by atoms with Crippen LogP contribution in [0.1, 0.15) is 23.5 Å². The van der Waals surface area contributed by atoms with Crippen molar-refractivity contribution in [2.24, 2.45) is 5.92 Å². The zero-order chi connectivity index (χ0) is 25.9. The van der Waals surface area contributed by atoms with Gasteiger partial charge < -0.3 is 19.4 Å². The fraction of sp³-hybridized carbons (Fsp3) is 0.500. The maximum Gasteiger partial charge on any atom is 0.421 e. The van der Waals surface area contributed by atoms with Crippen LogP contribution >= 0.6 is 0 Å². The molecule has 0 radical (unpaired) electrons. The summed E-state index contributed by atoms with van der Waals surface area (Å²) in [6.07, 6.45) is 1.65. The van der Waals surface area contributed by atoms with Crippen molar-refractivity contribution in [1.82, 2.24) is 14.8 Å². The van der Waals surface area contributed by atoms with Crippen molar-refractivity contribution in [3.8, 4) is 0 Å². The molecule has 3 aromatic rings. The van der Waals surface area contributed by atoms with Crippen molar-refractivity contribution in [2.75, 3.05) is 27.2 Å². The van der Waals surface area contributed by atoms with E-state index in [1.165, 1.54) is 5.56 Å². The highest BCUT2D eigenvalue weighted by atomic mass is 28.3. The number of carbonyl (C=O) groups excluding carboxylic acids is 1. The number of aromatic nitrogens is 1. The smallest absolute Gasteiger partial charge is 0.408 e. The van der Waals surface area contributed by atoms with E-state index in [9.17, 15) is 9.59 Å². The molecular formula is C28H39N3O4Si. The SMILES string of the molecule is CN(C)[C@H](CNC(=O)C1CC1c1ccccc1)Cc1ccc2c(c1)oc(=O)n2COCC[Si](C)(C)C. The van der Waals surface area contributed by atoms with Crippen LogP contribution in [0.2, 0.25) is 25.7 Å². The van der Waals surface area contributed by atoms with Crippen molar-refractivity contribution in [2.45, 2.75) is 57.2 Å². The van der Waals surface area contributed by atoms with E-state index in [2.05, 4.69) is 42.0 Å². The van der Waals surface area contributed by atoms with Gasteiger partial charge in [-0.3, -0.25) is 4.79 Å². The highest BCUT2D eigenvalue weighted by molar-refractivity contribution is 6.76. The standard InChI is InChI=1S/C28H39N3O4Si/c1-30(2)22(18-29-27(32)24-17-23(24)21-9-7-6-8-10-21)15-20-11-12-25-26(16-20)35-28(33)31(25)19-34-13-14-36(3,4)5/h6-12,16,22-24H,13-15,17-19H2,1-5H3,(H,29,32)/t22-,23?,24?/m0/s1. The number of nitrogens with one attached hydrogen (secondary N) is 1. The van der Waals surface area contributed by atoms with Gasteiger partial charge in [0.1, 0.15) is 6.73 Å². The zero-order valence-electron chi connectivity index (χ0n) is 22.1. The Bertz CT molecular complexity index is 1230. The lowest BCUT2D eigenvalue weighted by molar-refractivity contribution is -0.122. The Hall–Kier alpha value is -2.68. The lowest BCUT2D eigenvalue weighted by Crippen LogP contribution is -2.42. The topological polar surface area (TPSA) is 76.7 Å². The van der Waals surface area contributed by atoms with E-state index in [4.69, 9.17) is 9.15 Å². The number of oxazole rings is 1.